The number of hydrogen-bond acceptors (Lipinski definition) is 4. The van der Waals surface area contributed by atoms with E-state index in [2.05, 4.69) is 20.5 Å². The van der Waals surface area contributed by atoms with Gasteiger partial charge in [0.25, 0.3) is 0 Å². The van der Waals surface area contributed by atoms with Gasteiger partial charge in [0.05, 0.1) is 11.9 Å². The molecule has 5 nitrogen and oxygen atoms in total. The van der Waals surface area contributed by atoms with Gasteiger partial charge in [-0.1, -0.05) is 12.1 Å². The molecule has 2 unspecified atom stereocenters. The van der Waals surface area contributed by atoms with Crippen molar-refractivity contribution in [1.82, 2.24) is 15.2 Å². The van der Waals surface area contributed by atoms with E-state index in [0.717, 1.165) is 6.07 Å². The minimum Gasteiger partial charge on any atom is -0.323 e. The quantitative estimate of drug-likeness (QED) is 0.759. The molecule has 2 N–H and O–H groups in total. The molecule has 1 aromatic carbocycles. The molecule has 8 heteroatoms. The van der Waals surface area contributed by atoms with E-state index in [-0.39, 0.29) is 23.3 Å². The van der Waals surface area contributed by atoms with Gasteiger partial charge < -0.3 is 5.32 Å². The number of benzene rings is 1. The molecule has 1 aliphatic rings. The van der Waals surface area contributed by atoms with Crippen LogP contribution < -0.4 is 5.32 Å². The van der Waals surface area contributed by atoms with Crippen LogP contribution in [0.4, 0.5) is 14.5 Å². The molecule has 0 aliphatic heterocycles. The van der Waals surface area contributed by atoms with E-state index in [0.29, 0.717) is 22.8 Å². The Morgan fingerprint density at radius 2 is 2.25 bits per heavy atom. The summed E-state index contributed by atoms with van der Waals surface area (Å²) in [7, 11) is 0. The molecule has 2 aromatic heterocycles. The highest BCUT2D eigenvalue weighted by Gasteiger charge is 2.45. The van der Waals surface area contributed by atoms with Crippen molar-refractivity contribution in [3.8, 4) is 10.7 Å². The zero-order valence-electron chi connectivity index (χ0n) is 12.3. The Bertz CT molecular complexity index is 893. The summed E-state index contributed by atoms with van der Waals surface area (Å²) in [6.07, 6.45) is 3.67. The van der Waals surface area contributed by atoms with E-state index in [1.54, 1.807) is 6.20 Å². The summed E-state index contributed by atoms with van der Waals surface area (Å²) >= 11 is 1.42. The maximum absolute atomic E-state index is 13.8. The maximum Gasteiger partial charge on any atom is 0.228 e. The third kappa shape index (κ3) is 2.58. The molecule has 1 fully saturated rings. The van der Waals surface area contributed by atoms with Crippen molar-refractivity contribution in [3.63, 3.8) is 0 Å². The highest BCUT2D eigenvalue weighted by atomic mass is 32.1. The third-order valence-electron chi connectivity index (χ3n) is 4.05. The van der Waals surface area contributed by atoms with Gasteiger partial charge in [0.2, 0.25) is 5.91 Å². The number of H-pyrrole nitrogens is 1. The van der Waals surface area contributed by atoms with Crippen LogP contribution in [-0.2, 0) is 4.79 Å². The smallest absolute Gasteiger partial charge is 0.228 e. The number of nitrogens with one attached hydrogen (secondary N) is 2. The summed E-state index contributed by atoms with van der Waals surface area (Å²) < 4.78 is 27.1. The molecular formula is C16H12F2N4OS. The second-order valence-electron chi connectivity index (χ2n) is 5.58. The molecule has 2 atom stereocenters. The van der Waals surface area contributed by atoms with Gasteiger partial charge in [-0.2, -0.15) is 5.10 Å². The van der Waals surface area contributed by atoms with Crippen LogP contribution in [0, 0.1) is 17.6 Å². The van der Waals surface area contributed by atoms with Gasteiger partial charge in [0.1, 0.15) is 10.7 Å². The first-order valence-electron chi connectivity index (χ1n) is 7.33. The number of amides is 1. The number of nitrogens with zero attached hydrogens (tertiary/aromatic N) is 2. The fourth-order valence-electron chi connectivity index (χ4n) is 2.75. The fourth-order valence-corrected chi connectivity index (χ4v) is 3.40. The SMILES string of the molecule is O=C(Nc1cn[nH]c1-c1nccs1)C1CC1c1cccc(F)c1F. The highest BCUT2D eigenvalue weighted by molar-refractivity contribution is 7.13. The predicted octanol–water partition coefficient (Wildman–Crippen LogP) is 3.55. The maximum atomic E-state index is 13.8. The zero-order valence-corrected chi connectivity index (χ0v) is 13.1. The second-order valence-corrected chi connectivity index (χ2v) is 6.47. The number of carbonyl (C=O) groups is 1. The normalized spacial score (nSPS) is 19.2. The number of carbonyl (C=O) groups excluding carboxylic acids is 1. The Morgan fingerprint density at radius 3 is 3.04 bits per heavy atom. The molecule has 1 saturated carbocycles. The minimum absolute atomic E-state index is 0.233. The predicted molar refractivity (Wildman–Crippen MR) is 85.5 cm³/mol. The van der Waals surface area contributed by atoms with Crippen molar-refractivity contribution >= 4 is 22.9 Å². The average molecular weight is 346 g/mol. The van der Waals surface area contributed by atoms with Crippen molar-refractivity contribution in [2.45, 2.75) is 12.3 Å². The van der Waals surface area contributed by atoms with Gasteiger partial charge in [-0.25, -0.2) is 13.8 Å². The van der Waals surface area contributed by atoms with Crippen LogP contribution in [0.15, 0.2) is 36.0 Å². The zero-order chi connectivity index (χ0) is 16.7. The number of aromatic amines is 1. The van der Waals surface area contributed by atoms with Crippen molar-refractivity contribution in [1.29, 1.82) is 0 Å². The number of halogens is 2. The van der Waals surface area contributed by atoms with E-state index in [4.69, 9.17) is 0 Å². The molecule has 0 saturated heterocycles. The van der Waals surface area contributed by atoms with Crippen molar-refractivity contribution < 1.29 is 13.6 Å². The lowest BCUT2D eigenvalue weighted by Gasteiger charge is -2.05. The Morgan fingerprint density at radius 1 is 1.38 bits per heavy atom. The molecule has 1 amide bonds. The molecule has 2 heterocycles. The van der Waals surface area contributed by atoms with Gasteiger partial charge in [-0.3, -0.25) is 9.89 Å². The molecule has 1 aliphatic carbocycles. The van der Waals surface area contributed by atoms with E-state index in [9.17, 15) is 13.6 Å². The summed E-state index contributed by atoms with van der Waals surface area (Å²) in [6.45, 7) is 0. The summed E-state index contributed by atoms with van der Waals surface area (Å²) in [4.78, 5) is 16.6. The first kappa shape index (κ1) is 14.9. The lowest BCUT2D eigenvalue weighted by atomic mass is 10.1. The van der Waals surface area contributed by atoms with Gasteiger partial charge in [-0.15, -0.1) is 11.3 Å². The summed E-state index contributed by atoms with van der Waals surface area (Å²) in [5.41, 5.74) is 1.41. The molecule has 4 rings (SSSR count). The number of anilines is 1. The Hall–Kier alpha value is -2.61. The summed E-state index contributed by atoms with van der Waals surface area (Å²) in [5, 5.41) is 12.1. The first-order valence-corrected chi connectivity index (χ1v) is 8.21. The van der Waals surface area contributed by atoms with E-state index < -0.39 is 11.6 Å². The van der Waals surface area contributed by atoms with E-state index in [1.807, 2.05) is 5.38 Å². The van der Waals surface area contributed by atoms with Crippen LogP contribution in [0.5, 0.6) is 0 Å². The third-order valence-corrected chi connectivity index (χ3v) is 4.84. The molecule has 0 bridgehead atoms. The van der Waals surface area contributed by atoms with Crippen molar-refractivity contribution in [3.05, 3.63) is 53.2 Å². The van der Waals surface area contributed by atoms with Crippen LogP contribution in [0.3, 0.4) is 0 Å². The van der Waals surface area contributed by atoms with Crippen LogP contribution in [0.25, 0.3) is 10.7 Å². The molecular weight excluding hydrogens is 334 g/mol. The lowest BCUT2D eigenvalue weighted by molar-refractivity contribution is -0.117. The van der Waals surface area contributed by atoms with Crippen LogP contribution in [0.1, 0.15) is 17.9 Å². The number of hydrogen-bond donors (Lipinski definition) is 2. The van der Waals surface area contributed by atoms with Crippen molar-refractivity contribution in [2.24, 2.45) is 5.92 Å². The molecule has 0 radical (unpaired) electrons. The van der Waals surface area contributed by atoms with Crippen LogP contribution in [-0.4, -0.2) is 21.1 Å². The first-order chi connectivity index (χ1) is 11.6. The van der Waals surface area contributed by atoms with Crippen LogP contribution in [0.2, 0.25) is 0 Å². The Balaban J connectivity index is 1.49. The van der Waals surface area contributed by atoms with Gasteiger partial charge in [0, 0.05) is 17.5 Å². The lowest BCUT2D eigenvalue weighted by Crippen LogP contribution is -2.15. The minimum atomic E-state index is -0.889. The molecule has 122 valence electrons. The molecule has 24 heavy (non-hydrogen) atoms. The van der Waals surface area contributed by atoms with Gasteiger partial charge >= 0.3 is 0 Å². The Kier molecular flexibility index (Phi) is 3.61. The molecule has 3 aromatic rings. The fraction of sp³-hybridized carbons (Fsp3) is 0.188. The number of thiazole rings is 1. The monoisotopic (exact) mass is 346 g/mol. The highest BCUT2D eigenvalue weighted by Crippen LogP contribution is 2.49. The second kappa shape index (κ2) is 5.79. The van der Waals surface area contributed by atoms with E-state index >= 15 is 0 Å². The number of rotatable bonds is 4. The number of aromatic nitrogens is 3. The topological polar surface area (TPSA) is 70.7 Å². The summed E-state index contributed by atoms with van der Waals surface area (Å²) in [6, 6.07) is 4.05. The standard InChI is InChI=1S/C16H12F2N4OS/c17-11-3-1-2-8(13(11)18)9-6-10(9)15(23)21-12-7-20-22-14(12)16-19-4-5-24-16/h1-5,7,9-10H,6H2,(H,20,22)(H,21,23). The Labute approximate surface area is 139 Å². The van der Waals surface area contributed by atoms with Gasteiger partial charge in [0.15, 0.2) is 11.6 Å². The average Bonchev–Trinajstić information content (AvgIpc) is 2.96. The van der Waals surface area contributed by atoms with E-state index in [1.165, 1.54) is 29.7 Å². The largest absolute Gasteiger partial charge is 0.323 e. The molecule has 0 spiro atoms. The van der Waals surface area contributed by atoms with Crippen molar-refractivity contribution in [2.75, 3.05) is 5.32 Å². The summed E-state index contributed by atoms with van der Waals surface area (Å²) in [5.74, 6) is -2.66. The van der Waals surface area contributed by atoms with Crippen LogP contribution >= 0.6 is 11.3 Å². The van der Waals surface area contributed by atoms with Gasteiger partial charge in [-0.05, 0) is 24.0 Å².